The smallest absolute Gasteiger partial charge is 0.238 e. The van der Waals surface area contributed by atoms with Gasteiger partial charge in [-0.25, -0.2) is 0 Å². The van der Waals surface area contributed by atoms with E-state index in [1.54, 1.807) is 35.6 Å². The lowest BCUT2D eigenvalue weighted by Gasteiger charge is -2.21. The van der Waals surface area contributed by atoms with Crippen LogP contribution in [0.2, 0.25) is 0 Å². The molecule has 2 amide bonds. The number of hydrogen-bond donors (Lipinski definition) is 2. The molecule has 2 heterocycles. The molecule has 1 fully saturated rings. The van der Waals surface area contributed by atoms with Crippen LogP contribution in [0.15, 0.2) is 52.0 Å². The zero-order chi connectivity index (χ0) is 20.6. The lowest BCUT2D eigenvalue weighted by molar-refractivity contribution is -0.123. The molecule has 2 aromatic rings. The van der Waals surface area contributed by atoms with Crippen molar-refractivity contribution >= 4 is 51.5 Å². The summed E-state index contributed by atoms with van der Waals surface area (Å²) in [6, 6.07) is 11.1. The van der Waals surface area contributed by atoms with Gasteiger partial charge in [-0.15, -0.1) is 16.4 Å². The van der Waals surface area contributed by atoms with Crippen LogP contribution in [0.25, 0.3) is 0 Å². The molecule has 1 aliphatic heterocycles. The van der Waals surface area contributed by atoms with Gasteiger partial charge in [-0.05, 0) is 49.1 Å². The second-order valence-corrected chi connectivity index (χ2v) is 8.43. The van der Waals surface area contributed by atoms with Gasteiger partial charge in [0.15, 0.2) is 5.17 Å². The van der Waals surface area contributed by atoms with Gasteiger partial charge in [0.05, 0.1) is 17.2 Å². The number of carbonyl (C=O) groups is 2. The highest BCUT2D eigenvalue weighted by Gasteiger charge is 2.30. The molecule has 7 nitrogen and oxygen atoms in total. The largest absolute Gasteiger partial charge is 0.494 e. The van der Waals surface area contributed by atoms with E-state index in [0.29, 0.717) is 17.5 Å². The summed E-state index contributed by atoms with van der Waals surface area (Å²) in [5.74, 6) is 0.248. The molecular formula is C20H22N4O3S2. The van der Waals surface area contributed by atoms with Crippen LogP contribution in [-0.2, 0) is 9.59 Å². The van der Waals surface area contributed by atoms with Gasteiger partial charge in [0, 0.05) is 12.1 Å². The van der Waals surface area contributed by atoms with Crippen LogP contribution in [0.1, 0.15) is 31.6 Å². The molecule has 1 aromatic carbocycles. The third-order valence-electron chi connectivity index (χ3n) is 3.93. The molecule has 0 spiro atoms. The van der Waals surface area contributed by atoms with Crippen LogP contribution in [0.3, 0.4) is 0 Å². The molecule has 1 aliphatic rings. The van der Waals surface area contributed by atoms with Crippen molar-refractivity contribution in [2.24, 2.45) is 10.2 Å². The van der Waals surface area contributed by atoms with E-state index in [2.05, 4.69) is 20.8 Å². The highest BCUT2D eigenvalue weighted by Crippen LogP contribution is 2.23. The first-order valence-corrected chi connectivity index (χ1v) is 11.0. The topological polar surface area (TPSA) is 92.1 Å². The van der Waals surface area contributed by atoms with Gasteiger partial charge >= 0.3 is 0 Å². The van der Waals surface area contributed by atoms with Crippen LogP contribution in [0.4, 0.5) is 5.69 Å². The average Bonchev–Trinajstić information content (AvgIpc) is 3.26. The zero-order valence-electron chi connectivity index (χ0n) is 16.2. The minimum atomic E-state index is -0.573. The van der Waals surface area contributed by atoms with Crippen molar-refractivity contribution in [3.8, 4) is 5.75 Å². The number of nitrogens with zero attached hydrogens (tertiary/aromatic N) is 2. The zero-order valence-corrected chi connectivity index (χ0v) is 17.8. The first kappa shape index (κ1) is 21.1. The number of thiophene rings is 1. The summed E-state index contributed by atoms with van der Waals surface area (Å²) in [5.41, 5.74) is 1.40. The number of amides is 2. The van der Waals surface area contributed by atoms with E-state index in [-0.39, 0.29) is 18.2 Å². The molecule has 9 heteroatoms. The first-order chi connectivity index (χ1) is 14.0. The average molecular weight is 431 g/mol. The van der Waals surface area contributed by atoms with Crippen molar-refractivity contribution in [1.82, 2.24) is 5.32 Å². The minimum Gasteiger partial charge on any atom is -0.494 e. The molecule has 0 aliphatic carbocycles. The number of amidine groups is 1. The fourth-order valence-electron chi connectivity index (χ4n) is 2.47. The number of benzene rings is 1. The Balaban J connectivity index is 1.62. The van der Waals surface area contributed by atoms with Crippen LogP contribution < -0.4 is 15.4 Å². The maximum absolute atomic E-state index is 12.6. The number of carbonyl (C=O) groups excluding carboxylic acids is 2. The molecule has 29 heavy (non-hydrogen) atoms. The molecule has 1 aromatic heterocycles. The molecule has 2 N–H and O–H groups in total. The number of nitrogens with one attached hydrogen (secondary N) is 2. The Labute approximate surface area is 177 Å². The Kier molecular flexibility index (Phi) is 7.42. The first-order valence-electron chi connectivity index (χ1n) is 9.21. The molecule has 0 radical (unpaired) electrons. The third kappa shape index (κ3) is 6.16. The third-order valence-corrected chi connectivity index (χ3v) is 5.98. The molecule has 3 rings (SSSR count). The van der Waals surface area contributed by atoms with Crippen molar-refractivity contribution in [3.05, 3.63) is 46.7 Å². The molecule has 0 unspecified atom stereocenters. The SMILES string of the molecule is CCCOc1ccc(NC(=O)[C@@H]2CC(=O)N/C(=N\N=C(/C)c3cccs3)S2)cc1. The molecule has 1 atom stereocenters. The molecule has 152 valence electrons. The van der Waals surface area contributed by atoms with Crippen molar-refractivity contribution in [2.75, 3.05) is 11.9 Å². The molecule has 0 saturated carbocycles. The Hall–Kier alpha value is -2.65. The number of anilines is 1. The van der Waals surface area contributed by atoms with Gasteiger partial charge in [-0.2, -0.15) is 5.10 Å². The molecule has 0 bridgehead atoms. The van der Waals surface area contributed by atoms with E-state index in [4.69, 9.17) is 4.74 Å². The van der Waals surface area contributed by atoms with Gasteiger partial charge in [-0.3, -0.25) is 9.59 Å². The Morgan fingerprint density at radius 2 is 2.10 bits per heavy atom. The van der Waals surface area contributed by atoms with Crippen molar-refractivity contribution < 1.29 is 14.3 Å². The van der Waals surface area contributed by atoms with Crippen LogP contribution in [0.5, 0.6) is 5.75 Å². The monoisotopic (exact) mass is 430 g/mol. The van der Waals surface area contributed by atoms with E-state index in [1.165, 1.54) is 11.8 Å². The van der Waals surface area contributed by atoms with Gasteiger partial charge in [0.1, 0.15) is 11.0 Å². The number of hydrogen-bond acceptors (Lipinski definition) is 7. The predicted molar refractivity (Wildman–Crippen MR) is 119 cm³/mol. The summed E-state index contributed by atoms with van der Waals surface area (Å²) >= 11 is 2.76. The minimum absolute atomic E-state index is 0.0842. The summed E-state index contributed by atoms with van der Waals surface area (Å²) in [6.45, 7) is 4.54. The van der Waals surface area contributed by atoms with Crippen LogP contribution >= 0.6 is 23.1 Å². The van der Waals surface area contributed by atoms with Crippen molar-refractivity contribution in [3.63, 3.8) is 0 Å². The summed E-state index contributed by atoms with van der Waals surface area (Å²) in [7, 11) is 0. The summed E-state index contributed by atoms with van der Waals surface area (Å²) < 4.78 is 5.54. The van der Waals surface area contributed by atoms with Crippen LogP contribution in [-0.4, -0.2) is 34.6 Å². The molecule has 1 saturated heterocycles. The Morgan fingerprint density at radius 1 is 1.31 bits per heavy atom. The highest BCUT2D eigenvalue weighted by molar-refractivity contribution is 8.15. The fourth-order valence-corrected chi connectivity index (χ4v) is 4.07. The van der Waals surface area contributed by atoms with Gasteiger partial charge < -0.3 is 15.4 Å². The van der Waals surface area contributed by atoms with Gasteiger partial charge in [-0.1, -0.05) is 24.8 Å². The standard InChI is InChI=1S/C20H22N4O3S2/c1-3-10-27-15-8-6-14(7-9-15)21-19(26)17-12-18(25)22-20(29-17)24-23-13(2)16-5-4-11-28-16/h4-9,11,17H,3,10,12H2,1-2H3,(H,21,26)(H,22,24,25)/b23-13+/t17-/m0/s1. The second-order valence-electron chi connectivity index (χ2n) is 6.29. The van der Waals surface area contributed by atoms with E-state index in [0.717, 1.165) is 22.8 Å². The Bertz CT molecular complexity index is 908. The van der Waals surface area contributed by atoms with Gasteiger partial charge in [0.25, 0.3) is 0 Å². The van der Waals surface area contributed by atoms with E-state index in [9.17, 15) is 9.59 Å². The fraction of sp³-hybridized carbons (Fsp3) is 0.300. The van der Waals surface area contributed by atoms with Crippen LogP contribution in [0, 0.1) is 0 Å². The van der Waals surface area contributed by atoms with Crippen molar-refractivity contribution in [2.45, 2.75) is 31.9 Å². The number of thioether (sulfide) groups is 1. The number of ether oxygens (including phenoxy) is 1. The lowest BCUT2D eigenvalue weighted by atomic mass is 10.2. The Morgan fingerprint density at radius 3 is 2.79 bits per heavy atom. The normalized spacial score (nSPS) is 18.4. The second kappa shape index (κ2) is 10.2. The van der Waals surface area contributed by atoms with E-state index < -0.39 is 5.25 Å². The lowest BCUT2D eigenvalue weighted by Crippen LogP contribution is -2.41. The van der Waals surface area contributed by atoms with E-state index >= 15 is 0 Å². The predicted octanol–water partition coefficient (Wildman–Crippen LogP) is 3.88. The maximum atomic E-state index is 12.6. The van der Waals surface area contributed by atoms with Gasteiger partial charge in [0.2, 0.25) is 11.8 Å². The quantitative estimate of drug-likeness (QED) is 0.515. The van der Waals surface area contributed by atoms with E-state index in [1.807, 2.05) is 31.4 Å². The molecular weight excluding hydrogens is 408 g/mol. The summed E-state index contributed by atoms with van der Waals surface area (Å²) in [6.07, 6.45) is 1.01. The number of rotatable bonds is 7. The highest BCUT2D eigenvalue weighted by atomic mass is 32.2. The van der Waals surface area contributed by atoms with Crippen molar-refractivity contribution in [1.29, 1.82) is 0 Å². The maximum Gasteiger partial charge on any atom is 0.238 e. The summed E-state index contributed by atoms with van der Waals surface area (Å²) in [5, 5.41) is 15.5. The summed E-state index contributed by atoms with van der Waals surface area (Å²) in [4.78, 5) is 25.6.